The predicted octanol–water partition coefficient (Wildman–Crippen LogP) is 3.99. The monoisotopic (exact) mass is 556 g/mol. The van der Waals surface area contributed by atoms with Gasteiger partial charge in [0.05, 0.1) is 27.0 Å². The largest absolute Gasteiger partial charge is 0.495 e. The first kappa shape index (κ1) is 29.3. The molecule has 1 aromatic heterocycles. The fourth-order valence-corrected chi connectivity index (χ4v) is 4.66. The van der Waals surface area contributed by atoms with Crippen LogP contribution in [0.25, 0.3) is 0 Å². The predicted molar refractivity (Wildman–Crippen MR) is 152 cm³/mol. The van der Waals surface area contributed by atoms with Crippen LogP contribution in [0, 0.1) is 11.6 Å². The highest BCUT2D eigenvalue weighted by Crippen LogP contribution is 2.33. The third-order valence-corrected chi connectivity index (χ3v) is 7.23. The quantitative estimate of drug-likeness (QED) is 0.356. The Balaban J connectivity index is 1.36. The lowest BCUT2D eigenvalue weighted by Gasteiger charge is -2.33. The van der Waals surface area contributed by atoms with Crippen LogP contribution in [0.5, 0.6) is 17.2 Å². The van der Waals surface area contributed by atoms with Crippen LogP contribution in [0.15, 0.2) is 36.7 Å². The van der Waals surface area contributed by atoms with Crippen LogP contribution < -0.4 is 24.4 Å². The highest BCUT2D eigenvalue weighted by molar-refractivity contribution is 5.67. The summed E-state index contributed by atoms with van der Waals surface area (Å²) in [6.07, 6.45) is 3.72. The van der Waals surface area contributed by atoms with Gasteiger partial charge < -0.3 is 29.3 Å². The number of aryl methyl sites for hydroxylation is 1. The second kappa shape index (κ2) is 13.6. The summed E-state index contributed by atoms with van der Waals surface area (Å²) in [5.74, 6) is -0.439. The van der Waals surface area contributed by atoms with Gasteiger partial charge in [-0.15, -0.1) is 0 Å². The minimum absolute atomic E-state index is 0.0632. The van der Waals surface area contributed by atoms with Crippen molar-refractivity contribution in [2.75, 3.05) is 84.9 Å². The molecule has 1 aliphatic rings. The van der Waals surface area contributed by atoms with E-state index in [1.165, 1.54) is 20.3 Å². The molecule has 2 heterocycles. The van der Waals surface area contributed by atoms with Gasteiger partial charge in [-0.25, -0.2) is 18.7 Å². The van der Waals surface area contributed by atoms with E-state index in [4.69, 9.17) is 14.2 Å². The molecular weight excluding hydrogens is 518 g/mol. The van der Waals surface area contributed by atoms with Gasteiger partial charge in [-0.05, 0) is 37.6 Å². The molecule has 1 aliphatic heterocycles. The summed E-state index contributed by atoms with van der Waals surface area (Å²) >= 11 is 0. The van der Waals surface area contributed by atoms with Gasteiger partial charge in [-0.2, -0.15) is 0 Å². The molecule has 11 heteroatoms. The molecule has 9 nitrogen and oxygen atoms in total. The zero-order chi connectivity index (χ0) is 28.6. The molecule has 0 amide bonds. The van der Waals surface area contributed by atoms with Crippen LogP contribution in [0.1, 0.15) is 11.1 Å². The van der Waals surface area contributed by atoms with Gasteiger partial charge in [0.1, 0.15) is 5.75 Å². The van der Waals surface area contributed by atoms with Gasteiger partial charge in [0.15, 0.2) is 23.1 Å². The number of likely N-dealkylation sites (N-methyl/N-ethyl adjacent to an activating group) is 2. The van der Waals surface area contributed by atoms with Crippen molar-refractivity contribution in [1.82, 2.24) is 19.8 Å². The minimum Gasteiger partial charge on any atom is -0.495 e. The van der Waals surface area contributed by atoms with Crippen LogP contribution in [0.4, 0.5) is 26.1 Å². The number of nitrogens with one attached hydrogen (secondary N) is 1. The highest BCUT2D eigenvalue weighted by Gasteiger charge is 2.20. The lowest BCUT2D eigenvalue weighted by atomic mass is 10.0. The van der Waals surface area contributed by atoms with E-state index in [1.54, 1.807) is 19.5 Å². The number of hydrogen-bond acceptors (Lipinski definition) is 9. The average Bonchev–Trinajstić information content (AvgIpc) is 2.97. The molecule has 0 spiro atoms. The molecule has 0 atom stereocenters. The van der Waals surface area contributed by atoms with E-state index in [-0.39, 0.29) is 23.5 Å². The second-order valence-corrected chi connectivity index (χ2v) is 9.88. The minimum atomic E-state index is -0.734. The smallest absolute Gasteiger partial charge is 0.227 e. The Morgan fingerprint density at radius 3 is 2.10 bits per heavy atom. The zero-order valence-electron chi connectivity index (χ0n) is 23.8. The number of methoxy groups -OCH3 is 3. The molecule has 0 unspecified atom stereocenters. The van der Waals surface area contributed by atoms with Crippen molar-refractivity contribution in [3.05, 3.63) is 59.4 Å². The molecule has 40 heavy (non-hydrogen) atoms. The molecule has 1 fully saturated rings. The zero-order valence-corrected chi connectivity index (χ0v) is 23.8. The summed E-state index contributed by atoms with van der Waals surface area (Å²) in [7, 11) is 8.55. The standard InChI is InChI=1S/C29H38F2N6O3/c1-35-10-13-37(14-11-35)15-12-36(2)23-9-7-21(16-24(23)38-3)34-29-32-18-20(19-33-29)6-8-22-27(30)25(39-4)17-26(40-5)28(22)31/h7,9,16-19H,6,8,10-15H2,1-5H3,(H,32,33,34). The van der Waals surface area contributed by atoms with E-state index in [1.807, 2.05) is 18.2 Å². The van der Waals surface area contributed by atoms with Crippen molar-refractivity contribution in [3.8, 4) is 17.2 Å². The molecule has 4 rings (SSSR count). The van der Waals surface area contributed by atoms with E-state index in [0.717, 1.165) is 62.0 Å². The number of rotatable bonds is 12. The van der Waals surface area contributed by atoms with Gasteiger partial charge in [0, 0.05) is 82.1 Å². The van der Waals surface area contributed by atoms with Crippen LogP contribution in [-0.2, 0) is 12.8 Å². The lowest BCUT2D eigenvalue weighted by molar-refractivity contribution is 0.157. The Hall–Kier alpha value is -3.70. The molecule has 3 aromatic rings. The van der Waals surface area contributed by atoms with E-state index in [0.29, 0.717) is 12.4 Å². The SMILES string of the molecule is COc1cc(Nc2ncc(CCc3c(F)c(OC)cc(OC)c3F)cn2)ccc1N(C)CCN1CCN(C)CC1. The topological polar surface area (TPSA) is 75.2 Å². The van der Waals surface area contributed by atoms with Crippen LogP contribution in [-0.4, -0.2) is 94.5 Å². The van der Waals surface area contributed by atoms with Crippen LogP contribution >= 0.6 is 0 Å². The van der Waals surface area contributed by atoms with E-state index in [9.17, 15) is 8.78 Å². The van der Waals surface area contributed by atoms with E-state index in [2.05, 4.69) is 44.1 Å². The number of benzene rings is 2. The van der Waals surface area contributed by atoms with Crippen LogP contribution in [0.2, 0.25) is 0 Å². The van der Waals surface area contributed by atoms with E-state index >= 15 is 0 Å². The highest BCUT2D eigenvalue weighted by atomic mass is 19.1. The summed E-state index contributed by atoms with van der Waals surface area (Å²) in [5, 5.41) is 3.20. The van der Waals surface area contributed by atoms with Crippen molar-refractivity contribution in [2.45, 2.75) is 12.8 Å². The Morgan fingerprint density at radius 1 is 0.875 bits per heavy atom. The van der Waals surface area contributed by atoms with E-state index < -0.39 is 11.6 Å². The number of hydrogen-bond donors (Lipinski definition) is 1. The summed E-state index contributed by atoms with van der Waals surface area (Å²) in [6.45, 7) is 6.28. The maximum absolute atomic E-state index is 14.7. The first-order valence-electron chi connectivity index (χ1n) is 13.3. The van der Waals surface area contributed by atoms with Crippen molar-refractivity contribution in [2.24, 2.45) is 0 Å². The Labute approximate surface area is 234 Å². The molecule has 0 radical (unpaired) electrons. The Kier molecular flexibility index (Phi) is 9.94. The first-order chi connectivity index (χ1) is 19.3. The Bertz CT molecular complexity index is 1240. The molecule has 0 bridgehead atoms. The third kappa shape index (κ3) is 7.08. The van der Waals surface area contributed by atoms with Crippen LogP contribution in [0.3, 0.4) is 0 Å². The number of piperazine rings is 1. The van der Waals surface area contributed by atoms with Gasteiger partial charge in [-0.3, -0.25) is 4.90 Å². The van der Waals surface area contributed by atoms with Gasteiger partial charge in [-0.1, -0.05) is 0 Å². The molecule has 0 aliphatic carbocycles. The fraction of sp³-hybridized carbons (Fsp3) is 0.448. The third-order valence-electron chi connectivity index (χ3n) is 7.23. The molecule has 2 aromatic carbocycles. The van der Waals surface area contributed by atoms with Crippen molar-refractivity contribution in [1.29, 1.82) is 0 Å². The average molecular weight is 557 g/mol. The maximum atomic E-state index is 14.7. The Morgan fingerprint density at radius 2 is 1.50 bits per heavy atom. The summed E-state index contributed by atoms with van der Waals surface area (Å²) in [6, 6.07) is 7.10. The van der Waals surface area contributed by atoms with Crippen molar-refractivity contribution >= 4 is 17.3 Å². The molecular formula is C29H38F2N6O3. The molecule has 1 saturated heterocycles. The molecule has 0 saturated carbocycles. The summed E-state index contributed by atoms with van der Waals surface area (Å²) in [5.41, 5.74) is 2.43. The summed E-state index contributed by atoms with van der Waals surface area (Å²) in [4.78, 5) is 15.8. The molecule has 216 valence electrons. The summed E-state index contributed by atoms with van der Waals surface area (Å²) < 4.78 is 45.0. The second-order valence-electron chi connectivity index (χ2n) is 9.88. The number of anilines is 3. The first-order valence-corrected chi connectivity index (χ1v) is 13.3. The fourth-order valence-electron chi connectivity index (χ4n) is 4.66. The normalized spacial score (nSPS) is 14.2. The number of aromatic nitrogens is 2. The number of ether oxygens (including phenoxy) is 3. The van der Waals surface area contributed by atoms with Gasteiger partial charge in [0.2, 0.25) is 5.95 Å². The maximum Gasteiger partial charge on any atom is 0.227 e. The van der Waals surface area contributed by atoms with Gasteiger partial charge >= 0.3 is 0 Å². The van der Waals surface area contributed by atoms with Crippen molar-refractivity contribution in [3.63, 3.8) is 0 Å². The number of nitrogens with zero attached hydrogens (tertiary/aromatic N) is 5. The number of halogens is 2. The lowest BCUT2D eigenvalue weighted by Crippen LogP contribution is -2.46. The van der Waals surface area contributed by atoms with Gasteiger partial charge in [0.25, 0.3) is 0 Å². The van der Waals surface area contributed by atoms with Crippen molar-refractivity contribution < 1.29 is 23.0 Å². The molecule has 1 N–H and O–H groups in total.